The number of halogens is 1. The number of aromatic nitrogens is 4. The van der Waals surface area contributed by atoms with Crippen molar-refractivity contribution in [3.05, 3.63) is 53.7 Å². The summed E-state index contributed by atoms with van der Waals surface area (Å²) in [6.45, 7) is 1.91. The second-order valence-corrected chi connectivity index (χ2v) is 6.21. The smallest absolute Gasteiger partial charge is 0.256 e. The second-order valence-electron chi connectivity index (χ2n) is 6.21. The number of carbonyl (C=O) groups excluding carboxylic acids is 1. The minimum atomic E-state index is -0.574. The van der Waals surface area contributed by atoms with Crippen molar-refractivity contribution in [2.24, 2.45) is 0 Å². The molecule has 0 saturated heterocycles. The van der Waals surface area contributed by atoms with Crippen molar-refractivity contribution in [3.63, 3.8) is 0 Å². The topological polar surface area (TPSA) is 66.3 Å². The van der Waals surface area contributed by atoms with Crippen molar-refractivity contribution in [1.29, 1.82) is 0 Å². The van der Waals surface area contributed by atoms with E-state index in [1.54, 1.807) is 31.0 Å². The number of hydrogen-bond donors (Lipinski definition) is 1. The highest BCUT2D eigenvalue weighted by Gasteiger charge is 2.23. The molecule has 0 aliphatic carbocycles. The minimum absolute atomic E-state index is 0.0412. The Kier molecular flexibility index (Phi) is 3.31. The molecule has 25 heavy (non-hydrogen) atoms. The van der Waals surface area contributed by atoms with E-state index >= 15 is 0 Å². The third-order valence-electron chi connectivity index (χ3n) is 4.19. The number of aryl methyl sites for hydroxylation is 1. The van der Waals surface area contributed by atoms with Crippen LogP contribution in [0.25, 0.3) is 27.5 Å². The molecule has 0 spiro atoms. The van der Waals surface area contributed by atoms with E-state index in [1.165, 1.54) is 11.0 Å². The third-order valence-corrected chi connectivity index (χ3v) is 4.19. The van der Waals surface area contributed by atoms with Gasteiger partial charge >= 0.3 is 0 Å². The molecule has 3 aromatic heterocycles. The number of nitrogens with one attached hydrogen (secondary N) is 1. The maximum absolute atomic E-state index is 14.8. The van der Waals surface area contributed by atoms with Gasteiger partial charge in [0.15, 0.2) is 0 Å². The lowest BCUT2D eigenvalue weighted by molar-refractivity contribution is 0.0824. The van der Waals surface area contributed by atoms with Crippen LogP contribution in [0.15, 0.2) is 36.7 Å². The first-order valence-corrected chi connectivity index (χ1v) is 7.79. The summed E-state index contributed by atoms with van der Waals surface area (Å²) in [5.41, 5.74) is 3.62. The quantitative estimate of drug-likeness (QED) is 0.611. The van der Waals surface area contributed by atoms with Crippen LogP contribution in [0.5, 0.6) is 0 Å². The van der Waals surface area contributed by atoms with E-state index < -0.39 is 5.82 Å². The van der Waals surface area contributed by atoms with Crippen LogP contribution in [0, 0.1) is 12.7 Å². The van der Waals surface area contributed by atoms with E-state index in [1.807, 2.05) is 25.1 Å². The number of nitrogens with zero attached hydrogens (tertiary/aromatic N) is 4. The summed E-state index contributed by atoms with van der Waals surface area (Å²) in [5.74, 6) is -0.963. The van der Waals surface area contributed by atoms with Gasteiger partial charge < -0.3 is 4.90 Å². The van der Waals surface area contributed by atoms with Crippen LogP contribution >= 0.6 is 0 Å². The zero-order chi connectivity index (χ0) is 17.7. The molecule has 0 bridgehead atoms. The molecule has 0 aliphatic heterocycles. The van der Waals surface area contributed by atoms with Crippen molar-refractivity contribution in [3.8, 4) is 11.1 Å². The van der Waals surface area contributed by atoms with Gasteiger partial charge in [0.05, 0.1) is 28.5 Å². The Morgan fingerprint density at radius 2 is 2.08 bits per heavy atom. The number of H-pyrrole nitrogens is 1. The van der Waals surface area contributed by atoms with Gasteiger partial charge in [-0.3, -0.25) is 9.89 Å². The first-order chi connectivity index (χ1) is 12.0. The van der Waals surface area contributed by atoms with Gasteiger partial charge in [-0.1, -0.05) is 0 Å². The molecule has 4 aromatic rings. The monoisotopic (exact) mass is 337 g/mol. The van der Waals surface area contributed by atoms with Gasteiger partial charge in [-0.25, -0.2) is 8.91 Å². The van der Waals surface area contributed by atoms with Gasteiger partial charge in [0, 0.05) is 37.3 Å². The Bertz CT molecular complexity index is 1130. The summed E-state index contributed by atoms with van der Waals surface area (Å²) in [6, 6.07) is 6.97. The maximum Gasteiger partial charge on any atom is 0.256 e. The number of carbonyl (C=O) groups is 1. The van der Waals surface area contributed by atoms with E-state index in [0.717, 1.165) is 16.8 Å². The lowest BCUT2D eigenvalue weighted by Crippen LogP contribution is -2.23. The summed E-state index contributed by atoms with van der Waals surface area (Å²) in [4.78, 5) is 14.0. The van der Waals surface area contributed by atoms with E-state index in [4.69, 9.17) is 0 Å². The maximum atomic E-state index is 14.8. The standard InChI is InChI=1S/C18H16FN5O/c1-10-6-12-7-11(4-5-24(12)22-10)16-13-9-20-21-15(13)8-14(19)17(16)18(25)23(2)3/h4-9H,1-3H3,(H,20,21). The van der Waals surface area contributed by atoms with E-state index in [2.05, 4.69) is 15.3 Å². The summed E-state index contributed by atoms with van der Waals surface area (Å²) in [6.07, 6.45) is 3.42. The highest BCUT2D eigenvalue weighted by atomic mass is 19.1. The largest absolute Gasteiger partial charge is 0.345 e. The van der Waals surface area contributed by atoms with Crippen molar-refractivity contribution in [2.75, 3.05) is 14.1 Å². The molecular weight excluding hydrogens is 321 g/mol. The van der Waals surface area contributed by atoms with Gasteiger partial charge in [-0.05, 0) is 30.7 Å². The Labute approximate surface area is 142 Å². The van der Waals surface area contributed by atoms with Crippen LogP contribution in [0.3, 0.4) is 0 Å². The summed E-state index contributed by atoms with van der Waals surface area (Å²) in [5, 5.41) is 11.8. The van der Waals surface area contributed by atoms with Crippen molar-refractivity contribution in [2.45, 2.75) is 6.92 Å². The number of hydrogen-bond acceptors (Lipinski definition) is 3. The number of aromatic amines is 1. The normalized spacial score (nSPS) is 11.4. The molecule has 0 fully saturated rings. The van der Waals surface area contributed by atoms with Crippen LogP contribution in [0.4, 0.5) is 4.39 Å². The van der Waals surface area contributed by atoms with E-state index in [-0.39, 0.29) is 11.5 Å². The van der Waals surface area contributed by atoms with Gasteiger partial charge in [0.25, 0.3) is 5.91 Å². The Morgan fingerprint density at radius 1 is 1.28 bits per heavy atom. The molecule has 0 aliphatic rings. The Hall–Kier alpha value is -3.22. The predicted octanol–water partition coefficient (Wildman–Crippen LogP) is 3.03. The van der Waals surface area contributed by atoms with Gasteiger partial charge in [0.1, 0.15) is 5.82 Å². The number of pyridine rings is 1. The van der Waals surface area contributed by atoms with Crippen molar-refractivity contribution < 1.29 is 9.18 Å². The number of fused-ring (bicyclic) bond motifs is 2. The summed E-state index contributed by atoms with van der Waals surface area (Å²) < 4.78 is 16.5. The van der Waals surface area contributed by atoms with Crippen LogP contribution in [0.2, 0.25) is 0 Å². The molecular formula is C18H16FN5O. The van der Waals surface area contributed by atoms with Crippen molar-refractivity contribution >= 4 is 22.3 Å². The first kappa shape index (κ1) is 15.3. The van der Waals surface area contributed by atoms with Crippen molar-refractivity contribution in [1.82, 2.24) is 24.7 Å². The average Bonchev–Trinajstić information content (AvgIpc) is 3.16. The first-order valence-electron chi connectivity index (χ1n) is 7.79. The van der Waals surface area contributed by atoms with E-state index in [0.29, 0.717) is 16.5 Å². The zero-order valence-corrected chi connectivity index (χ0v) is 14.0. The molecule has 1 amide bonds. The molecule has 3 heterocycles. The highest BCUT2D eigenvalue weighted by Crippen LogP contribution is 2.34. The van der Waals surface area contributed by atoms with Crippen LogP contribution in [-0.2, 0) is 0 Å². The Morgan fingerprint density at radius 3 is 2.84 bits per heavy atom. The molecule has 126 valence electrons. The number of rotatable bonds is 2. The molecule has 0 unspecified atom stereocenters. The molecule has 1 aromatic carbocycles. The fourth-order valence-electron chi connectivity index (χ4n) is 3.07. The minimum Gasteiger partial charge on any atom is -0.345 e. The predicted molar refractivity (Wildman–Crippen MR) is 93.0 cm³/mol. The number of benzene rings is 1. The van der Waals surface area contributed by atoms with Gasteiger partial charge in [-0.2, -0.15) is 10.2 Å². The number of amides is 1. The van der Waals surface area contributed by atoms with E-state index in [9.17, 15) is 9.18 Å². The lowest BCUT2D eigenvalue weighted by Gasteiger charge is -2.16. The molecule has 1 N–H and O–H groups in total. The average molecular weight is 337 g/mol. The van der Waals surface area contributed by atoms with Gasteiger partial charge in [-0.15, -0.1) is 0 Å². The molecule has 6 nitrogen and oxygen atoms in total. The molecule has 0 radical (unpaired) electrons. The molecule has 0 atom stereocenters. The van der Waals surface area contributed by atoms with Gasteiger partial charge in [0.2, 0.25) is 0 Å². The molecule has 4 rings (SSSR count). The highest BCUT2D eigenvalue weighted by molar-refractivity contribution is 6.09. The third kappa shape index (κ3) is 2.36. The zero-order valence-electron chi connectivity index (χ0n) is 14.0. The molecule has 7 heteroatoms. The molecule has 0 saturated carbocycles. The summed E-state index contributed by atoms with van der Waals surface area (Å²) >= 11 is 0. The second kappa shape index (κ2) is 5.41. The SMILES string of the molecule is Cc1cc2cc(-c3c(C(=O)N(C)C)c(F)cc4[nH]ncc34)ccn2n1. The van der Waals surface area contributed by atoms with Crippen LogP contribution < -0.4 is 0 Å². The fraction of sp³-hybridized carbons (Fsp3) is 0.167. The van der Waals surface area contributed by atoms with Crippen LogP contribution in [-0.4, -0.2) is 44.7 Å². The lowest BCUT2D eigenvalue weighted by atomic mass is 9.95. The fourth-order valence-corrected chi connectivity index (χ4v) is 3.07. The van der Waals surface area contributed by atoms with Crippen LogP contribution in [0.1, 0.15) is 16.1 Å². The summed E-state index contributed by atoms with van der Waals surface area (Å²) in [7, 11) is 3.21. The Balaban J connectivity index is 2.08.